The first-order valence-electron chi connectivity index (χ1n) is 8.70. The number of nitrogens with two attached hydrogens (primary N) is 1. The summed E-state index contributed by atoms with van der Waals surface area (Å²) >= 11 is 6.16. The second-order valence-electron chi connectivity index (χ2n) is 6.90. The molecule has 1 saturated carbocycles. The molecule has 1 aliphatic heterocycles. The lowest BCUT2D eigenvalue weighted by atomic mass is 9.95. The summed E-state index contributed by atoms with van der Waals surface area (Å²) < 4.78 is 14.1. The van der Waals surface area contributed by atoms with Gasteiger partial charge in [-0.05, 0) is 37.3 Å². The number of rotatable bonds is 4. The van der Waals surface area contributed by atoms with Gasteiger partial charge in [0.15, 0.2) is 5.96 Å². The number of carbonyl (C=O) groups excluding carboxylic acids is 1. The third kappa shape index (κ3) is 5.00. The third-order valence-corrected chi connectivity index (χ3v) is 5.33. The molecular formula is C18H25ClFIN4O. The van der Waals surface area contributed by atoms with Gasteiger partial charge in [0.25, 0.3) is 0 Å². The van der Waals surface area contributed by atoms with E-state index in [2.05, 4.69) is 15.2 Å². The van der Waals surface area contributed by atoms with Crippen molar-refractivity contribution in [1.29, 1.82) is 0 Å². The number of halogens is 3. The molecule has 3 unspecified atom stereocenters. The number of benzene rings is 1. The lowest BCUT2D eigenvalue weighted by molar-refractivity contribution is -0.119. The van der Waals surface area contributed by atoms with E-state index in [1.54, 1.807) is 19.2 Å². The van der Waals surface area contributed by atoms with Crippen LogP contribution in [0.4, 0.5) is 4.39 Å². The van der Waals surface area contributed by atoms with Gasteiger partial charge >= 0.3 is 0 Å². The third-order valence-electron chi connectivity index (χ3n) is 5.00. The highest BCUT2D eigenvalue weighted by Gasteiger charge is 2.42. The van der Waals surface area contributed by atoms with Crippen molar-refractivity contribution in [2.45, 2.75) is 37.6 Å². The van der Waals surface area contributed by atoms with Crippen molar-refractivity contribution in [2.75, 3.05) is 20.1 Å². The summed E-state index contributed by atoms with van der Waals surface area (Å²) in [4.78, 5) is 17.7. The van der Waals surface area contributed by atoms with Gasteiger partial charge < -0.3 is 16.0 Å². The van der Waals surface area contributed by atoms with Gasteiger partial charge in [-0.15, -0.1) is 24.0 Å². The van der Waals surface area contributed by atoms with Crippen LogP contribution >= 0.6 is 35.6 Å². The number of hydrogen-bond acceptors (Lipinski definition) is 2. The predicted octanol–water partition coefficient (Wildman–Crippen LogP) is 3.12. The van der Waals surface area contributed by atoms with E-state index >= 15 is 0 Å². The first-order chi connectivity index (χ1) is 12.0. The Kier molecular flexibility index (Phi) is 7.52. The van der Waals surface area contributed by atoms with Gasteiger partial charge in [0.2, 0.25) is 5.91 Å². The number of aliphatic imine (C=N–C) groups is 1. The van der Waals surface area contributed by atoms with Crippen molar-refractivity contribution < 1.29 is 9.18 Å². The number of likely N-dealkylation sites (tertiary alicyclic amines) is 1. The van der Waals surface area contributed by atoms with Gasteiger partial charge in [0, 0.05) is 49.1 Å². The summed E-state index contributed by atoms with van der Waals surface area (Å²) in [6, 6.07) is 4.93. The van der Waals surface area contributed by atoms with Gasteiger partial charge in [-0.25, -0.2) is 4.39 Å². The Labute approximate surface area is 175 Å². The fourth-order valence-corrected chi connectivity index (χ4v) is 4.01. The molecule has 2 fully saturated rings. The number of carbonyl (C=O) groups is 1. The molecule has 26 heavy (non-hydrogen) atoms. The summed E-state index contributed by atoms with van der Waals surface area (Å²) in [6.45, 7) is 1.66. The van der Waals surface area contributed by atoms with Crippen LogP contribution in [0.1, 0.15) is 37.2 Å². The van der Waals surface area contributed by atoms with Crippen LogP contribution in [0, 0.1) is 11.7 Å². The molecule has 1 aromatic rings. The highest BCUT2D eigenvalue weighted by atomic mass is 127. The smallest absolute Gasteiger partial charge is 0.217 e. The second kappa shape index (κ2) is 9.21. The molecule has 1 amide bonds. The average molecular weight is 495 g/mol. The van der Waals surface area contributed by atoms with E-state index in [0.29, 0.717) is 17.0 Å². The molecule has 0 spiro atoms. The van der Waals surface area contributed by atoms with Crippen LogP contribution in [0.15, 0.2) is 23.2 Å². The zero-order valence-electron chi connectivity index (χ0n) is 14.8. The highest BCUT2D eigenvalue weighted by Crippen LogP contribution is 2.45. The van der Waals surface area contributed by atoms with Crippen LogP contribution in [-0.4, -0.2) is 42.9 Å². The molecule has 3 atom stereocenters. The SMILES string of the molecule is CN=C(NC1CC1c1c(F)cccc1Cl)N1CCCC(CC(N)=O)C1.I. The first-order valence-corrected chi connectivity index (χ1v) is 9.08. The molecule has 2 aliphatic rings. The van der Waals surface area contributed by atoms with E-state index in [1.165, 1.54) is 6.07 Å². The molecule has 0 aromatic heterocycles. The molecular weight excluding hydrogens is 470 g/mol. The minimum atomic E-state index is -0.258. The summed E-state index contributed by atoms with van der Waals surface area (Å²) in [7, 11) is 1.74. The average Bonchev–Trinajstić information content (AvgIpc) is 3.31. The number of hydrogen-bond donors (Lipinski definition) is 2. The highest BCUT2D eigenvalue weighted by molar-refractivity contribution is 14.0. The maximum atomic E-state index is 14.1. The first kappa shape index (κ1) is 21.2. The number of primary amides is 1. The number of nitrogens with zero attached hydrogens (tertiary/aromatic N) is 2. The molecule has 1 aromatic carbocycles. The molecule has 1 saturated heterocycles. The molecule has 0 radical (unpaired) electrons. The van der Waals surface area contributed by atoms with E-state index in [4.69, 9.17) is 17.3 Å². The van der Waals surface area contributed by atoms with Gasteiger partial charge in [0.05, 0.1) is 0 Å². The van der Waals surface area contributed by atoms with Crippen molar-refractivity contribution in [2.24, 2.45) is 16.6 Å². The zero-order chi connectivity index (χ0) is 18.0. The molecule has 1 aliphatic carbocycles. The molecule has 5 nitrogen and oxygen atoms in total. The van der Waals surface area contributed by atoms with Crippen LogP contribution in [-0.2, 0) is 4.79 Å². The number of nitrogens with one attached hydrogen (secondary N) is 1. The minimum absolute atomic E-state index is 0. The Bertz CT molecular complexity index is 667. The van der Waals surface area contributed by atoms with Gasteiger partial charge in [-0.1, -0.05) is 17.7 Å². The Balaban J connectivity index is 0.00000243. The molecule has 3 rings (SSSR count). The Hall–Kier alpha value is -1.09. The predicted molar refractivity (Wildman–Crippen MR) is 113 cm³/mol. The fraction of sp³-hybridized carbons (Fsp3) is 0.556. The molecule has 1 heterocycles. The number of guanidine groups is 1. The van der Waals surface area contributed by atoms with E-state index in [1.807, 2.05) is 0 Å². The molecule has 0 bridgehead atoms. The summed E-state index contributed by atoms with van der Waals surface area (Å²) in [5, 5.41) is 3.90. The van der Waals surface area contributed by atoms with Crippen molar-refractivity contribution in [3.05, 3.63) is 34.6 Å². The largest absolute Gasteiger partial charge is 0.370 e. The quantitative estimate of drug-likeness (QED) is 0.384. The fourth-order valence-electron chi connectivity index (χ4n) is 3.71. The standard InChI is InChI=1S/C18H24ClFN4O.HI/c1-22-18(24-7-3-4-11(10-24)8-16(21)25)23-15-9-12(15)17-13(19)5-2-6-14(17)20;/h2,5-6,11-12,15H,3-4,7-10H2,1H3,(H2,21,25)(H,22,23);1H. The van der Waals surface area contributed by atoms with Gasteiger partial charge in [-0.3, -0.25) is 9.79 Å². The van der Waals surface area contributed by atoms with Crippen LogP contribution < -0.4 is 11.1 Å². The summed E-state index contributed by atoms with van der Waals surface area (Å²) in [5.41, 5.74) is 5.91. The van der Waals surface area contributed by atoms with Crippen molar-refractivity contribution in [3.8, 4) is 0 Å². The van der Waals surface area contributed by atoms with E-state index in [-0.39, 0.29) is 53.6 Å². The Morgan fingerprint density at radius 2 is 2.27 bits per heavy atom. The minimum Gasteiger partial charge on any atom is -0.370 e. The van der Waals surface area contributed by atoms with Crippen LogP contribution in [0.2, 0.25) is 5.02 Å². The Morgan fingerprint density at radius 1 is 1.50 bits per heavy atom. The normalized spacial score (nSPS) is 25.4. The topological polar surface area (TPSA) is 70.7 Å². The van der Waals surface area contributed by atoms with E-state index in [0.717, 1.165) is 38.3 Å². The monoisotopic (exact) mass is 494 g/mol. The van der Waals surface area contributed by atoms with Crippen LogP contribution in [0.25, 0.3) is 0 Å². The summed E-state index contributed by atoms with van der Waals surface area (Å²) in [6.07, 6.45) is 3.25. The number of piperidine rings is 1. The molecule has 3 N–H and O–H groups in total. The lowest BCUT2D eigenvalue weighted by Gasteiger charge is -2.34. The maximum absolute atomic E-state index is 14.1. The van der Waals surface area contributed by atoms with Crippen molar-refractivity contribution in [3.63, 3.8) is 0 Å². The van der Waals surface area contributed by atoms with E-state index < -0.39 is 0 Å². The maximum Gasteiger partial charge on any atom is 0.217 e. The zero-order valence-corrected chi connectivity index (χ0v) is 17.8. The van der Waals surface area contributed by atoms with Crippen LogP contribution in [0.3, 0.4) is 0 Å². The molecule has 144 valence electrons. The summed E-state index contributed by atoms with van der Waals surface area (Å²) in [5.74, 6) is 0.620. The molecule has 8 heteroatoms. The number of amides is 1. The van der Waals surface area contributed by atoms with Gasteiger partial charge in [-0.2, -0.15) is 0 Å². The van der Waals surface area contributed by atoms with E-state index in [9.17, 15) is 9.18 Å². The van der Waals surface area contributed by atoms with Crippen molar-refractivity contribution in [1.82, 2.24) is 10.2 Å². The second-order valence-corrected chi connectivity index (χ2v) is 7.31. The van der Waals surface area contributed by atoms with Crippen molar-refractivity contribution >= 4 is 47.4 Å². The lowest BCUT2D eigenvalue weighted by Crippen LogP contribution is -2.48. The van der Waals surface area contributed by atoms with Gasteiger partial charge in [0.1, 0.15) is 5.82 Å². The Morgan fingerprint density at radius 3 is 2.92 bits per heavy atom. The van der Waals surface area contributed by atoms with Crippen LogP contribution in [0.5, 0.6) is 0 Å².